The highest BCUT2D eigenvalue weighted by molar-refractivity contribution is 7.19. The molecule has 3 heterocycles. The molecule has 1 N–H and O–H groups in total. The summed E-state index contributed by atoms with van der Waals surface area (Å²) < 4.78 is 0. The van der Waals surface area contributed by atoms with Gasteiger partial charge in [-0.1, -0.05) is 6.07 Å². The van der Waals surface area contributed by atoms with E-state index in [4.69, 9.17) is 0 Å². The van der Waals surface area contributed by atoms with Gasteiger partial charge in [0.05, 0.1) is 5.39 Å². The number of aromatic nitrogens is 3. The van der Waals surface area contributed by atoms with Crippen molar-refractivity contribution in [2.75, 3.05) is 5.32 Å². The van der Waals surface area contributed by atoms with E-state index < -0.39 is 0 Å². The van der Waals surface area contributed by atoms with Crippen LogP contribution in [0.1, 0.15) is 28.8 Å². The van der Waals surface area contributed by atoms with Gasteiger partial charge in [-0.05, 0) is 42.9 Å². The molecular formula is C16H17ClN4S. The number of hydrogen-bond donors (Lipinski definition) is 1. The third-order valence-corrected chi connectivity index (χ3v) is 5.13. The highest BCUT2D eigenvalue weighted by atomic mass is 35.5. The van der Waals surface area contributed by atoms with Gasteiger partial charge in [-0.25, -0.2) is 9.97 Å². The van der Waals surface area contributed by atoms with Crippen LogP contribution >= 0.6 is 23.7 Å². The number of nitrogens with zero attached hydrogens (tertiary/aromatic N) is 3. The molecule has 0 saturated carbocycles. The van der Waals surface area contributed by atoms with Crippen molar-refractivity contribution in [1.29, 1.82) is 0 Å². The first kappa shape index (κ1) is 15.2. The smallest absolute Gasteiger partial charge is 0.138 e. The normalized spacial score (nSPS) is 13.5. The molecule has 4 nitrogen and oxygen atoms in total. The van der Waals surface area contributed by atoms with Crippen LogP contribution in [0, 0.1) is 0 Å². The molecule has 114 valence electrons. The van der Waals surface area contributed by atoms with Crippen LogP contribution in [0.2, 0.25) is 0 Å². The molecular weight excluding hydrogens is 316 g/mol. The number of anilines is 1. The van der Waals surface area contributed by atoms with Crippen LogP contribution in [-0.2, 0) is 19.4 Å². The second kappa shape index (κ2) is 6.58. The molecule has 0 aliphatic heterocycles. The van der Waals surface area contributed by atoms with E-state index in [9.17, 15) is 0 Å². The van der Waals surface area contributed by atoms with Crippen molar-refractivity contribution in [2.45, 2.75) is 32.2 Å². The largest absolute Gasteiger partial charge is 0.365 e. The predicted molar refractivity (Wildman–Crippen MR) is 92.9 cm³/mol. The fraction of sp³-hybridized carbons (Fsp3) is 0.312. The van der Waals surface area contributed by atoms with Crippen molar-refractivity contribution in [3.05, 3.63) is 46.9 Å². The van der Waals surface area contributed by atoms with E-state index in [1.54, 1.807) is 12.5 Å². The zero-order valence-electron chi connectivity index (χ0n) is 12.1. The lowest BCUT2D eigenvalue weighted by atomic mass is 9.97. The Morgan fingerprint density at radius 3 is 2.95 bits per heavy atom. The number of fused-ring (bicyclic) bond motifs is 3. The van der Waals surface area contributed by atoms with Crippen LogP contribution < -0.4 is 5.32 Å². The average Bonchev–Trinajstić information content (AvgIpc) is 2.93. The molecule has 6 heteroatoms. The lowest BCUT2D eigenvalue weighted by Crippen LogP contribution is -2.04. The number of hydrogen-bond acceptors (Lipinski definition) is 5. The highest BCUT2D eigenvalue weighted by Crippen LogP contribution is 2.38. The van der Waals surface area contributed by atoms with E-state index in [2.05, 4.69) is 26.3 Å². The Labute approximate surface area is 139 Å². The Kier molecular flexibility index (Phi) is 4.55. The first-order valence-corrected chi connectivity index (χ1v) is 8.11. The minimum Gasteiger partial charge on any atom is -0.365 e. The Balaban J connectivity index is 0.00000144. The van der Waals surface area contributed by atoms with Gasteiger partial charge in [-0.15, -0.1) is 23.7 Å². The van der Waals surface area contributed by atoms with Crippen molar-refractivity contribution in [3.8, 4) is 0 Å². The molecule has 4 rings (SSSR count). The summed E-state index contributed by atoms with van der Waals surface area (Å²) in [5.74, 6) is 0.961. The van der Waals surface area contributed by atoms with Gasteiger partial charge in [-0.2, -0.15) is 0 Å². The molecule has 0 unspecified atom stereocenters. The molecule has 0 amide bonds. The quantitative estimate of drug-likeness (QED) is 0.787. The fourth-order valence-corrected chi connectivity index (χ4v) is 4.14. The van der Waals surface area contributed by atoms with Crippen molar-refractivity contribution >= 4 is 39.8 Å². The molecule has 3 aromatic heterocycles. The van der Waals surface area contributed by atoms with Crippen LogP contribution in [0.3, 0.4) is 0 Å². The summed E-state index contributed by atoms with van der Waals surface area (Å²) >= 11 is 1.83. The molecule has 0 spiro atoms. The molecule has 0 fully saturated rings. The zero-order valence-corrected chi connectivity index (χ0v) is 13.7. The fourth-order valence-electron chi connectivity index (χ4n) is 2.91. The second-order valence-electron chi connectivity index (χ2n) is 5.33. The zero-order chi connectivity index (χ0) is 14.1. The standard InChI is InChI=1S/C16H16N4S.ClH/c1-2-6-13-12(5-1)14-15(19-10-20-16(14)21-13)18-9-11-4-3-7-17-8-11;/h3-4,7-8,10H,1-2,5-6,9H2,(H,18,19,20);1H. The van der Waals surface area contributed by atoms with Crippen LogP contribution in [-0.4, -0.2) is 15.0 Å². The second-order valence-corrected chi connectivity index (χ2v) is 6.41. The Morgan fingerprint density at radius 1 is 1.18 bits per heavy atom. The molecule has 1 aliphatic carbocycles. The molecule has 3 aromatic rings. The maximum Gasteiger partial charge on any atom is 0.138 e. The van der Waals surface area contributed by atoms with Crippen LogP contribution in [0.15, 0.2) is 30.9 Å². The van der Waals surface area contributed by atoms with Gasteiger partial charge in [0, 0.05) is 23.8 Å². The monoisotopic (exact) mass is 332 g/mol. The molecule has 0 radical (unpaired) electrons. The minimum absolute atomic E-state index is 0. The summed E-state index contributed by atoms with van der Waals surface area (Å²) in [4.78, 5) is 15.7. The molecule has 0 aromatic carbocycles. The summed E-state index contributed by atoms with van der Waals surface area (Å²) in [6.07, 6.45) is 10.3. The van der Waals surface area contributed by atoms with Gasteiger partial charge >= 0.3 is 0 Å². The van der Waals surface area contributed by atoms with E-state index >= 15 is 0 Å². The molecule has 0 atom stereocenters. The van der Waals surface area contributed by atoms with Crippen molar-refractivity contribution in [3.63, 3.8) is 0 Å². The van der Waals surface area contributed by atoms with Crippen molar-refractivity contribution < 1.29 is 0 Å². The number of rotatable bonds is 3. The lowest BCUT2D eigenvalue weighted by molar-refractivity contribution is 0.700. The summed E-state index contributed by atoms with van der Waals surface area (Å²) in [6.45, 7) is 0.741. The molecule has 0 bridgehead atoms. The van der Waals surface area contributed by atoms with E-state index in [0.717, 1.165) is 29.2 Å². The van der Waals surface area contributed by atoms with Crippen LogP contribution in [0.5, 0.6) is 0 Å². The number of thiophene rings is 1. The predicted octanol–water partition coefficient (Wildman–Crippen LogP) is 4.00. The van der Waals surface area contributed by atoms with E-state index in [1.807, 2.05) is 23.6 Å². The summed E-state index contributed by atoms with van der Waals surface area (Å²) in [7, 11) is 0. The van der Waals surface area contributed by atoms with Gasteiger partial charge in [0.25, 0.3) is 0 Å². The third kappa shape index (κ3) is 2.78. The van der Waals surface area contributed by atoms with Gasteiger partial charge in [0.1, 0.15) is 17.0 Å². The number of aryl methyl sites for hydroxylation is 2. The van der Waals surface area contributed by atoms with Crippen LogP contribution in [0.4, 0.5) is 5.82 Å². The van der Waals surface area contributed by atoms with Crippen molar-refractivity contribution in [2.24, 2.45) is 0 Å². The molecule has 0 saturated heterocycles. The summed E-state index contributed by atoms with van der Waals surface area (Å²) in [6, 6.07) is 4.03. The van der Waals surface area contributed by atoms with E-state index in [0.29, 0.717) is 0 Å². The highest BCUT2D eigenvalue weighted by Gasteiger charge is 2.19. The minimum atomic E-state index is 0. The number of pyridine rings is 1. The number of halogens is 1. The lowest BCUT2D eigenvalue weighted by Gasteiger charge is -2.12. The van der Waals surface area contributed by atoms with E-state index in [-0.39, 0.29) is 12.4 Å². The molecule has 1 aliphatic rings. The Bertz CT molecular complexity index is 772. The Hall–Kier alpha value is -1.72. The molecule has 22 heavy (non-hydrogen) atoms. The van der Waals surface area contributed by atoms with Gasteiger partial charge in [0.2, 0.25) is 0 Å². The topological polar surface area (TPSA) is 50.7 Å². The van der Waals surface area contributed by atoms with Gasteiger partial charge in [0.15, 0.2) is 0 Å². The van der Waals surface area contributed by atoms with Gasteiger partial charge < -0.3 is 5.32 Å². The van der Waals surface area contributed by atoms with Gasteiger partial charge in [-0.3, -0.25) is 4.98 Å². The maximum absolute atomic E-state index is 4.47. The summed E-state index contributed by atoms with van der Waals surface area (Å²) in [5, 5.41) is 4.69. The van der Waals surface area contributed by atoms with Crippen molar-refractivity contribution in [1.82, 2.24) is 15.0 Å². The Morgan fingerprint density at radius 2 is 2.09 bits per heavy atom. The average molecular weight is 333 g/mol. The third-order valence-electron chi connectivity index (χ3n) is 3.93. The maximum atomic E-state index is 4.47. The summed E-state index contributed by atoms with van der Waals surface area (Å²) in [5.41, 5.74) is 2.63. The van der Waals surface area contributed by atoms with E-state index in [1.165, 1.54) is 35.1 Å². The first-order valence-electron chi connectivity index (χ1n) is 7.30. The SMILES string of the molecule is Cl.c1cncc(CNc2ncnc3sc4c(c23)CCCC4)c1. The first-order chi connectivity index (χ1) is 10.4. The van der Waals surface area contributed by atoms with Crippen LogP contribution in [0.25, 0.3) is 10.2 Å². The number of nitrogens with one attached hydrogen (secondary N) is 1.